The standard InChI is InChI=1S/C14H21O/c1-13(2,3)10-14(4,5)11-6-8-12(15)9-7-11/h6-8,15H,10H2,1-5H3. The van der Waals surface area contributed by atoms with Crippen LogP contribution >= 0.6 is 0 Å². The fourth-order valence-corrected chi connectivity index (χ4v) is 2.27. The molecular weight excluding hydrogens is 184 g/mol. The Balaban J connectivity index is 2.90. The summed E-state index contributed by atoms with van der Waals surface area (Å²) in [5.41, 5.74) is 1.67. The molecule has 1 radical (unpaired) electrons. The minimum Gasteiger partial charge on any atom is -0.507 e. The molecule has 0 amide bonds. The number of phenols is 1. The molecule has 1 aromatic carbocycles. The lowest BCUT2D eigenvalue weighted by Crippen LogP contribution is -2.24. The van der Waals surface area contributed by atoms with Gasteiger partial charge in [-0.25, -0.2) is 0 Å². The summed E-state index contributed by atoms with van der Waals surface area (Å²) in [6, 6.07) is 8.43. The van der Waals surface area contributed by atoms with Gasteiger partial charge >= 0.3 is 0 Å². The maximum Gasteiger partial charge on any atom is 0.123 e. The number of aromatic hydroxyl groups is 1. The molecule has 83 valence electrons. The lowest BCUT2D eigenvalue weighted by molar-refractivity contribution is 0.284. The Morgan fingerprint density at radius 1 is 1.13 bits per heavy atom. The Hall–Kier alpha value is -0.980. The van der Waals surface area contributed by atoms with Crippen LogP contribution in [-0.2, 0) is 5.41 Å². The molecule has 1 nitrogen and oxygen atoms in total. The van der Waals surface area contributed by atoms with Gasteiger partial charge in [0, 0.05) is 6.07 Å². The molecule has 0 saturated heterocycles. The van der Waals surface area contributed by atoms with Crippen LogP contribution in [0.4, 0.5) is 0 Å². The Morgan fingerprint density at radius 3 is 2.13 bits per heavy atom. The van der Waals surface area contributed by atoms with Crippen LogP contribution in [-0.4, -0.2) is 5.11 Å². The molecule has 0 heterocycles. The summed E-state index contributed by atoms with van der Waals surface area (Å²) in [7, 11) is 0. The van der Waals surface area contributed by atoms with Crippen molar-refractivity contribution in [3.63, 3.8) is 0 Å². The summed E-state index contributed by atoms with van der Waals surface area (Å²) in [6.07, 6.45) is 1.11. The molecule has 0 aromatic heterocycles. The molecule has 1 rings (SSSR count). The summed E-state index contributed by atoms with van der Waals surface area (Å²) in [6.45, 7) is 11.2. The van der Waals surface area contributed by atoms with Gasteiger partial charge in [-0.15, -0.1) is 0 Å². The van der Waals surface area contributed by atoms with Gasteiger partial charge in [0.05, 0.1) is 0 Å². The molecule has 0 fully saturated rings. The van der Waals surface area contributed by atoms with Crippen molar-refractivity contribution < 1.29 is 5.11 Å². The van der Waals surface area contributed by atoms with Gasteiger partial charge in [0.15, 0.2) is 0 Å². The molecule has 1 N–H and O–H groups in total. The van der Waals surface area contributed by atoms with E-state index in [1.807, 2.05) is 12.1 Å². The first-order valence-electron chi connectivity index (χ1n) is 5.42. The van der Waals surface area contributed by atoms with Crippen molar-refractivity contribution in [2.75, 3.05) is 0 Å². The molecule has 0 aliphatic carbocycles. The maximum absolute atomic E-state index is 9.20. The molecule has 0 bridgehead atoms. The van der Waals surface area contributed by atoms with Crippen LogP contribution < -0.4 is 0 Å². The number of benzene rings is 1. The summed E-state index contributed by atoms with van der Waals surface area (Å²) in [4.78, 5) is 0. The van der Waals surface area contributed by atoms with Gasteiger partial charge in [0.1, 0.15) is 5.75 Å². The predicted octanol–water partition coefficient (Wildman–Crippen LogP) is 3.91. The molecule has 0 atom stereocenters. The first kappa shape index (κ1) is 12.1. The van der Waals surface area contributed by atoms with Gasteiger partial charge in [0.25, 0.3) is 0 Å². The molecule has 1 aromatic rings. The van der Waals surface area contributed by atoms with Crippen molar-refractivity contribution in [2.24, 2.45) is 5.41 Å². The topological polar surface area (TPSA) is 20.2 Å². The SMILES string of the molecule is CC(C)(C)CC(C)(C)c1c[c]c(O)cc1. The third-order valence-electron chi connectivity index (χ3n) is 2.55. The van der Waals surface area contributed by atoms with Crippen LogP contribution in [0.2, 0.25) is 0 Å². The summed E-state index contributed by atoms with van der Waals surface area (Å²) >= 11 is 0. The van der Waals surface area contributed by atoms with Crippen LogP contribution in [0.5, 0.6) is 5.75 Å². The minimum absolute atomic E-state index is 0.127. The number of phenolic OH excluding ortho intramolecular Hbond substituents is 1. The fourth-order valence-electron chi connectivity index (χ4n) is 2.27. The third-order valence-corrected chi connectivity index (χ3v) is 2.55. The first-order chi connectivity index (χ1) is 6.71. The average Bonchev–Trinajstić information content (AvgIpc) is 2.00. The minimum atomic E-state index is 0.127. The second-order valence-electron chi connectivity index (χ2n) is 6.08. The van der Waals surface area contributed by atoms with E-state index in [4.69, 9.17) is 0 Å². The summed E-state index contributed by atoms with van der Waals surface area (Å²) in [5.74, 6) is 0.213. The molecular formula is C14H21O. The summed E-state index contributed by atoms with van der Waals surface area (Å²) in [5, 5.41) is 9.20. The molecule has 1 heteroatoms. The van der Waals surface area contributed by atoms with Crippen molar-refractivity contribution in [3.8, 4) is 5.75 Å². The summed E-state index contributed by atoms with van der Waals surface area (Å²) < 4.78 is 0. The largest absolute Gasteiger partial charge is 0.507 e. The number of hydrogen-bond donors (Lipinski definition) is 1. The molecule has 0 aliphatic rings. The smallest absolute Gasteiger partial charge is 0.123 e. The Morgan fingerprint density at radius 2 is 1.73 bits per heavy atom. The van der Waals surface area contributed by atoms with Crippen LogP contribution in [0.3, 0.4) is 0 Å². The monoisotopic (exact) mass is 205 g/mol. The second kappa shape index (κ2) is 3.88. The van der Waals surface area contributed by atoms with Crippen LogP contribution in [0, 0.1) is 11.5 Å². The molecule has 15 heavy (non-hydrogen) atoms. The third kappa shape index (κ3) is 3.58. The molecule has 0 saturated carbocycles. The van der Waals surface area contributed by atoms with E-state index in [9.17, 15) is 5.11 Å². The lowest BCUT2D eigenvalue weighted by atomic mass is 9.72. The zero-order valence-electron chi connectivity index (χ0n) is 10.4. The second-order valence-corrected chi connectivity index (χ2v) is 6.08. The van der Waals surface area contributed by atoms with E-state index in [0.717, 1.165) is 6.42 Å². The van der Waals surface area contributed by atoms with Crippen LogP contribution in [0.1, 0.15) is 46.6 Å². The average molecular weight is 205 g/mol. The van der Waals surface area contributed by atoms with E-state index in [2.05, 4.69) is 40.7 Å². The molecule has 0 spiro atoms. The van der Waals surface area contributed by atoms with Gasteiger partial charge in [-0.1, -0.05) is 40.7 Å². The number of rotatable bonds is 2. The highest BCUT2D eigenvalue weighted by Gasteiger charge is 2.26. The molecule has 0 unspecified atom stereocenters. The Kier molecular flexibility index (Phi) is 3.13. The van der Waals surface area contributed by atoms with E-state index in [1.54, 1.807) is 6.07 Å². The van der Waals surface area contributed by atoms with Crippen LogP contribution in [0.25, 0.3) is 0 Å². The number of hydrogen-bond acceptors (Lipinski definition) is 1. The highest BCUT2D eigenvalue weighted by Crippen LogP contribution is 2.36. The van der Waals surface area contributed by atoms with Crippen molar-refractivity contribution in [1.82, 2.24) is 0 Å². The van der Waals surface area contributed by atoms with E-state index >= 15 is 0 Å². The fraction of sp³-hybridized carbons (Fsp3) is 0.571. The highest BCUT2D eigenvalue weighted by atomic mass is 16.3. The van der Waals surface area contributed by atoms with Gasteiger partial charge in [-0.05, 0) is 34.9 Å². The normalized spacial score (nSPS) is 12.9. The van der Waals surface area contributed by atoms with E-state index in [0.29, 0.717) is 5.41 Å². The van der Waals surface area contributed by atoms with Crippen molar-refractivity contribution >= 4 is 0 Å². The molecule has 0 aliphatic heterocycles. The van der Waals surface area contributed by atoms with Gasteiger partial charge < -0.3 is 5.11 Å². The van der Waals surface area contributed by atoms with E-state index < -0.39 is 0 Å². The van der Waals surface area contributed by atoms with Crippen molar-refractivity contribution in [3.05, 3.63) is 29.8 Å². The Labute approximate surface area is 93.1 Å². The van der Waals surface area contributed by atoms with E-state index in [1.165, 1.54) is 5.56 Å². The van der Waals surface area contributed by atoms with Gasteiger partial charge in [-0.2, -0.15) is 0 Å². The quantitative estimate of drug-likeness (QED) is 0.776. The maximum atomic E-state index is 9.20. The Bertz CT molecular complexity index is 314. The zero-order chi connectivity index (χ0) is 11.7. The van der Waals surface area contributed by atoms with Gasteiger partial charge in [-0.3, -0.25) is 0 Å². The zero-order valence-corrected chi connectivity index (χ0v) is 10.4. The first-order valence-corrected chi connectivity index (χ1v) is 5.42. The lowest BCUT2D eigenvalue weighted by Gasteiger charge is -2.32. The van der Waals surface area contributed by atoms with Crippen LogP contribution in [0.15, 0.2) is 18.2 Å². The van der Waals surface area contributed by atoms with Crippen molar-refractivity contribution in [1.29, 1.82) is 0 Å². The predicted molar refractivity (Wildman–Crippen MR) is 64.0 cm³/mol. The van der Waals surface area contributed by atoms with E-state index in [-0.39, 0.29) is 11.2 Å². The van der Waals surface area contributed by atoms with Gasteiger partial charge in [0.2, 0.25) is 0 Å². The highest BCUT2D eigenvalue weighted by molar-refractivity contribution is 5.29. The van der Waals surface area contributed by atoms with Crippen molar-refractivity contribution in [2.45, 2.75) is 46.5 Å².